The van der Waals surface area contributed by atoms with Gasteiger partial charge in [0, 0.05) is 18.6 Å². The molecule has 0 unspecified atom stereocenters. The van der Waals surface area contributed by atoms with Crippen molar-refractivity contribution in [2.24, 2.45) is 5.73 Å². The highest BCUT2D eigenvalue weighted by Gasteiger charge is 2.35. The van der Waals surface area contributed by atoms with E-state index in [1.165, 1.54) is 76.2 Å². The first kappa shape index (κ1) is 77.9. The maximum atomic E-state index is 14.3. The molecule has 0 heterocycles. The summed E-state index contributed by atoms with van der Waals surface area (Å²) in [6.07, 6.45) is -1.82. The molecule has 0 aromatic heterocycles. The molecule has 18 N–H and O–H groups in total. The average molecular weight is 1300 g/mol. The molecule has 32 nitrogen and oxygen atoms in total. The Bertz CT molecular complexity index is 2920. The Morgan fingerprint density at radius 2 is 0.560 bits per heavy atom. The van der Waals surface area contributed by atoms with Crippen LogP contribution in [0.25, 0.3) is 0 Å². The minimum absolute atomic E-state index is 0.0951. The zero-order valence-electron chi connectivity index (χ0n) is 52.7. The molecule has 0 saturated carbocycles. The Morgan fingerprint density at radius 3 is 0.846 bits per heavy atom. The van der Waals surface area contributed by atoms with Crippen LogP contribution in [0.5, 0.6) is 0 Å². The van der Waals surface area contributed by atoms with Crippen LogP contribution in [0.2, 0.25) is 0 Å². The zero-order valence-corrected chi connectivity index (χ0v) is 53.6. The Hall–Kier alpha value is -9.24. The summed E-state index contributed by atoms with van der Waals surface area (Å²) >= 11 is 4.22. The molecule has 2 rings (SSSR count). The van der Waals surface area contributed by atoms with Crippen LogP contribution in [-0.2, 0) is 84.8 Å². The van der Waals surface area contributed by atoms with Crippen molar-refractivity contribution in [3.63, 3.8) is 0 Å². The largest absolute Gasteiger partial charge is 0.480 e. The minimum Gasteiger partial charge on any atom is -0.480 e. The van der Waals surface area contributed by atoms with Gasteiger partial charge in [-0.15, -0.1) is 0 Å². The summed E-state index contributed by atoms with van der Waals surface area (Å²) in [5.41, 5.74) is 6.77. The molecule has 0 aliphatic rings. The van der Waals surface area contributed by atoms with Crippen molar-refractivity contribution in [2.45, 2.75) is 193 Å². The first-order chi connectivity index (χ1) is 42.5. The number of nitrogens with two attached hydrogens (primary N) is 1. The van der Waals surface area contributed by atoms with E-state index >= 15 is 0 Å². The van der Waals surface area contributed by atoms with E-state index in [-0.39, 0.29) is 18.6 Å². The number of hydrogen-bond acceptors (Lipinski definition) is 18. The van der Waals surface area contributed by atoms with Crippen molar-refractivity contribution in [2.75, 3.05) is 5.75 Å². The number of carboxylic acid groups (broad SMARTS) is 1. The van der Waals surface area contributed by atoms with Gasteiger partial charge in [0.25, 0.3) is 0 Å². The van der Waals surface area contributed by atoms with Crippen LogP contribution in [0.15, 0.2) is 60.7 Å². The molecule has 0 spiro atoms. The van der Waals surface area contributed by atoms with Crippen LogP contribution in [0.3, 0.4) is 0 Å². The standard InChI is InChI=1S/C58H87N15O17S/c1-26(59)44(75)60-34(9)52(83)72-42(25-91)56(87)71-41(24-39-21-17-14-18-22-39)55(86)70-40(23-38-19-15-13-16-20-38)54(85)67-35(10)53(84)73-43(37(12)74)57(88)68-33(8)50(81)65-31(6)48(79)63-29(4)46(77)61-27(2)45(76)62-28(3)47(78)64-30(5)49(80)66-32(7)51(82)69-36(11)58(89)90/h13-22,26-37,40-43,74,91H,23-25,59H2,1-12H3,(H,60,75)(H,61,77)(H,62,76)(H,63,79)(H,64,78)(H,65,81)(H,66,80)(H,67,85)(H,68,88)(H,69,82)(H,70,86)(H,71,87)(H,72,83)(H,73,84)(H,89,90)/t26-,27-,28-,29-,30-,31-,32-,33-,34-,35-,36-,37+,40-,41-,42-,43-/m0/s1. The predicted molar refractivity (Wildman–Crippen MR) is 331 cm³/mol. The topological polar surface area (TPSA) is 491 Å². The summed E-state index contributed by atoms with van der Waals surface area (Å²) in [4.78, 5) is 195. The first-order valence-corrected chi connectivity index (χ1v) is 29.7. The number of carbonyl (C=O) groups is 15. The summed E-state index contributed by atoms with van der Waals surface area (Å²) < 4.78 is 0. The van der Waals surface area contributed by atoms with Gasteiger partial charge in [-0.3, -0.25) is 71.9 Å². The molecule has 0 fully saturated rings. The van der Waals surface area contributed by atoms with Crippen molar-refractivity contribution in [3.8, 4) is 0 Å². The van der Waals surface area contributed by atoms with Crippen LogP contribution in [0.4, 0.5) is 0 Å². The van der Waals surface area contributed by atoms with Crippen LogP contribution >= 0.6 is 12.6 Å². The van der Waals surface area contributed by atoms with Crippen molar-refractivity contribution >= 4 is 101 Å². The van der Waals surface area contributed by atoms with E-state index < -0.39 is 185 Å². The number of aliphatic hydroxyl groups excluding tert-OH is 1. The third kappa shape index (κ3) is 26.8. The normalized spacial score (nSPS) is 16.2. The highest BCUT2D eigenvalue weighted by atomic mass is 32.1. The number of amides is 14. The van der Waals surface area contributed by atoms with Crippen molar-refractivity contribution in [1.82, 2.24) is 74.4 Å². The molecule has 2 aromatic carbocycles. The first-order valence-electron chi connectivity index (χ1n) is 29.1. The van der Waals surface area contributed by atoms with Gasteiger partial charge in [0.15, 0.2) is 0 Å². The van der Waals surface area contributed by atoms with Crippen molar-refractivity contribution in [3.05, 3.63) is 71.8 Å². The number of carbonyl (C=O) groups excluding carboxylic acids is 14. The second kappa shape index (κ2) is 37.7. The monoisotopic (exact) mass is 1300 g/mol. The van der Waals surface area contributed by atoms with Gasteiger partial charge >= 0.3 is 5.97 Å². The quantitative estimate of drug-likeness (QED) is 0.0286. The van der Waals surface area contributed by atoms with Crippen LogP contribution < -0.4 is 80.2 Å². The van der Waals surface area contributed by atoms with Gasteiger partial charge in [-0.05, 0) is 94.2 Å². The lowest BCUT2D eigenvalue weighted by Crippen LogP contribution is -2.61. The molecule has 502 valence electrons. The number of carboxylic acids is 1. The molecule has 0 aliphatic carbocycles. The minimum atomic E-state index is -1.73. The summed E-state index contributed by atoms with van der Waals surface area (Å²) in [6.45, 7) is 15.4. The van der Waals surface area contributed by atoms with E-state index in [0.717, 1.165) is 6.92 Å². The van der Waals surface area contributed by atoms with Crippen molar-refractivity contribution in [1.29, 1.82) is 0 Å². The zero-order chi connectivity index (χ0) is 69.1. The van der Waals surface area contributed by atoms with Gasteiger partial charge in [-0.1, -0.05) is 60.7 Å². The van der Waals surface area contributed by atoms with E-state index in [1.807, 2.05) is 0 Å². The average Bonchev–Trinajstić information content (AvgIpc) is 2.76. The molecule has 0 radical (unpaired) electrons. The van der Waals surface area contributed by atoms with E-state index in [4.69, 9.17) is 10.8 Å². The Morgan fingerprint density at radius 1 is 0.330 bits per heavy atom. The molecular weight excluding hydrogens is 1210 g/mol. The summed E-state index contributed by atoms with van der Waals surface area (Å²) in [5.74, 6) is -13.4. The van der Waals surface area contributed by atoms with E-state index in [2.05, 4.69) is 87.1 Å². The number of hydrogen-bond donors (Lipinski definition) is 18. The van der Waals surface area contributed by atoms with Gasteiger partial charge in [0.05, 0.1) is 12.1 Å². The number of thiol groups is 1. The fourth-order valence-electron chi connectivity index (χ4n) is 7.82. The van der Waals surface area contributed by atoms with E-state index in [9.17, 15) is 77.0 Å². The second-order valence-electron chi connectivity index (χ2n) is 21.9. The smallest absolute Gasteiger partial charge is 0.325 e. The van der Waals surface area contributed by atoms with Gasteiger partial charge in [-0.2, -0.15) is 12.6 Å². The lowest BCUT2D eigenvalue weighted by Gasteiger charge is -2.27. The highest BCUT2D eigenvalue weighted by Crippen LogP contribution is 2.09. The fraction of sp³-hybridized carbons (Fsp3) is 0.534. The molecule has 0 aliphatic heterocycles. The maximum Gasteiger partial charge on any atom is 0.325 e. The molecule has 14 amide bonds. The lowest BCUT2D eigenvalue weighted by molar-refractivity contribution is -0.141. The molecule has 2 aromatic rings. The van der Waals surface area contributed by atoms with Crippen LogP contribution in [0.1, 0.15) is 94.2 Å². The summed E-state index contributed by atoms with van der Waals surface area (Å²) in [5, 5.41) is 53.4. The molecule has 0 saturated heterocycles. The Balaban J connectivity index is 2.07. The summed E-state index contributed by atoms with van der Waals surface area (Å²) in [6, 6.07) is -2.44. The van der Waals surface area contributed by atoms with E-state index in [1.54, 1.807) is 60.7 Å². The SMILES string of the molecule is C[C@H](N)C(=O)N[C@@H](C)C(=O)N[C@@H](CS)C(=O)N[C@@H](Cc1ccccc1)C(=O)N[C@@H](Cc1ccccc1)C(=O)N[C@@H](C)C(=O)N[C@H](C(=O)N[C@@H](C)C(=O)N[C@@H](C)C(=O)N[C@@H](C)C(=O)N[C@@H](C)C(=O)N[C@@H](C)C(=O)N[C@@H](C)C(=O)N[C@@H](C)C(=O)N[C@@H](C)C(=O)O)[C@@H](C)O. The maximum absolute atomic E-state index is 14.3. The predicted octanol–water partition coefficient (Wildman–Crippen LogP) is -5.80. The third-order valence-electron chi connectivity index (χ3n) is 13.6. The van der Waals surface area contributed by atoms with Crippen LogP contribution in [0, 0.1) is 0 Å². The van der Waals surface area contributed by atoms with Crippen LogP contribution in [-0.4, -0.2) is 201 Å². The fourth-order valence-corrected chi connectivity index (χ4v) is 8.08. The number of nitrogens with one attached hydrogen (secondary N) is 14. The Kier molecular flexibility index (Phi) is 32.2. The number of aliphatic hydroxyl groups is 1. The summed E-state index contributed by atoms with van der Waals surface area (Å²) in [7, 11) is 0. The molecule has 0 bridgehead atoms. The van der Waals surface area contributed by atoms with Gasteiger partial charge in [-0.25, -0.2) is 0 Å². The van der Waals surface area contributed by atoms with Gasteiger partial charge in [0.1, 0.15) is 84.6 Å². The molecule has 33 heteroatoms. The van der Waals surface area contributed by atoms with E-state index in [0.29, 0.717) is 11.1 Å². The lowest BCUT2D eigenvalue weighted by atomic mass is 10.0. The number of benzene rings is 2. The van der Waals surface area contributed by atoms with Crippen molar-refractivity contribution < 1.29 is 82.1 Å². The van der Waals surface area contributed by atoms with Gasteiger partial charge < -0.3 is 90.4 Å². The number of rotatable bonds is 35. The van der Waals surface area contributed by atoms with Gasteiger partial charge in [0.2, 0.25) is 82.7 Å². The second-order valence-corrected chi connectivity index (χ2v) is 22.3. The Labute approximate surface area is 531 Å². The third-order valence-corrected chi connectivity index (χ3v) is 14.0. The highest BCUT2D eigenvalue weighted by molar-refractivity contribution is 7.80. The molecule has 16 atom stereocenters. The molecule has 91 heavy (non-hydrogen) atoms. The number of aliphatic carboxylic acids is 1. The molecular formula is C58H87N15O17S.